The first-order chi connectivity index (χ1) is 14.2. The highest BCUT2D eigenvalue weighted by Crippen LogP contribution is 2.34. The van der Waals surface area contributed by atoms with Gasteiger partial charge in [-0.15, -0.1) is 0 Å². The summed E-state index contributed by atoms with van der Waals surface area (Å²) in [5.74, 6) is 0.834. The van der Waals surface area contributed by atoms with Crippen molar-refractivity contribution in [3.63, 3.8) is 0 Å². The van der Waals surface area contributed by atoms with Gasteiger partial charge in [-0.1, -0.05) is 12.1 Å². The van der Waals surface area contributed by atoms with Gasteiger partial charge in [0.05, 0.1) is 23.0 Å². The van der Waals surface area contributed by atoms with Crippen LogP contribution in [0.4, 0.5) is 5.69 Å². The van der Waals surface area contributed by atoms with Gasteiger partial charge in [0.1, 0.15) is 6.33 Å². The van der Waals surface area contributed by atoms with Crippen LogP contribution in [0.15, 0.2) is 61.1 Å². The number of aromatic nitrogens is 4. The fraction of sp³-hybridized carbons (Fsp3) is 0.174. The number of nitrogens with zero attached hydrogens (tertiary/aromatic N) is 6. The van der Waals surface area contributed by atoms with E-state index in [2.05, 4.69) is 70.1 Å². The zero-order chi connectivity index (χ0) is 20.0. The second kappa shape index (κ2) is 6.64. The first-order valence-electron chi connectivity index (χ1n) is 9.63. The summed E-state index contributed by atoms with van der Waals surface area (Å²) in [6.07, 6.45) is 3.76. The maximum absolute atomic E-state index is 9.05. The van der Waals surface area contributed by atoms with Crippen LogP contribution in [0, 0.1) is 11.3 Å². The van der Waals surface area contributed by atoms with Crippen LogP contribution in [0.25, 0.3) is 28.3 Å². The molecule has 1 aliphatic rings. The minimum Gasteiger partial charge on any atom is -0.375 e. The number of anilines is 1. The van der Waals surface area contributed by atoms with Gasteiger partial charge in [-0.3, -0.25) is 0 Å². The summed E-state index contributed by atoms with van der Waals surface area (Å²) in [5, 5.41) is 13.5. The second-order valence-electron chi connectivity index (χ2n) is 7.25. The molecule has 0 saturated carbocycles. The van der Waals surface area contributed by atoms with Crippen LogP contribution in [0.1, 0.15) is 18.1 Å². The highest BCUT2D eigenvalue weighted by atomic mass is 15.4. The zero-order valence-corrected chi connectivity index (χ0v) is 16.4. The summed E-state index contributed by atoms with van der Waals surface area (Å²) in [6.45, 7) is 3.84. The molecule has 5 rings (SSSR count). The topological polar surface area (TPSA) is 62.7 Å². The zero-order valence-electron chi connectivity index (χ0n) is 16.4. The summed E-state index contributed by atoms with van der Waals surface area (Å²) < 4.78 is 4.15. The highest BCUT2D eigenvalue weighted by Gasteiger charge is 2.22. The molecule has 0 spiro atoms. The van der Waals surface area contributed by atoms with Gasteiger partial charge in [0.15, 0.2) is 5.82 Å². The van der Waals surface area contributed by atoms with Gasteiger partial charge in [0.25, 0.3) is 0 Å². The molecular weight excluding hydrogens is 360 g/mol. The molecule has 0 atom stereocenters. The fourth-order valence-electron chi connectivity index (χ4n) is 3.82. The highest BCUT2D eigenvalue weighted by molar-refractivity contribution is 5.72. The van der Waals surface area contributed by atoms with E-state index in [-0.39, 0.29) is 0 Å². The third-order valence-electron chi connectivity index (χ3n) is 5.57. The van der Waals surface area contributed by atoms with Crippen molar-refractivity contribution in [1.29, 1.82) is 5.26 Å². The van der Waals surface area contributed by atoms with E-state index in [0.717, 1.165) is 41.4 Å². The molecule has 3 heterocycles. The maximum Gasteiger partial charge on any atom is 0.179 e. The van der Waals surface area contributed by atoms with E-state index < -0.39 is 0 Å². The first kappa shape index (κ1) is 17.3. The van der Waals surface area contributed by atoms with Crippen LogP contribution in [-0.2, 0) is 6.54 Å². The number of fused-ring (bicyclic) bond motifs is 5. The van der Waals surface area contributed by atoms with Crippen molar-refractivity contribution in [3.05, 3.63) is 72.2 Å². The molecule has 0 radical (unpaired) electrons. The number of hydrogen-bond donors (Lipinski definition) is 0. The average Bonchev–Trinajstić information content (AvgIpc) is 3.38. The Labute approximate surface area is 169 Å². The van der Waals surface area contributed by atoms with Crippen LogP contribution in [0.2, 0.25) is 0 Å². The molecule has 2 aromatic carbocycles. The third-order valence-corrected chi connectivity index (χ3v) is 5.57. The Kier molecular flexibility index (Phi) is 3.95. The van der Waals surface area contributed by atoms with Crippen molar-refractivity contribution >= 4 is 5.69 Å². The van der Waals surface area contributed by atoms with Gasteiger partial charge in [0, 0.05) is 37.6 Å². The van der Waals surface area contributed by atoms with Gasteiger partial charge in [0.2, 0.25) is 0 Å². The van der Waals surface area contributed by atoms with Gasteiger partial charge >= 0.3 is 0 Å². The molecule has 29 heavy (non-hydrogen) atoms. The van der Waals surface area contributed by atoms with Crippen molar-refractivity contribution in [2.45, 2.75) is 13.5 Å². The van der Waals surface area contributed by atoms with E-state index in [1.165, 1.54) is 11.3 Å². The van der Waals surface area contributed by atoms with Crippen molar-refractivity contribution in [1.82, 2.24) is 19.3 Å². The summed E-state index contributed by atoms with van der Waals surface area (Å²) >= 11 is 0. The SMILES string of the molecule is CCN(C)c1ccc2c(c1)Cn1cc(-c3ccc(C#N)cc3)cc1-c1ncnn1-2. The largest absolute Gasteiger partial charge is 0.375 e. The van der Waals surface area contributed by atoms with Crippen LogP contribution in [-0.4, -0.2) is 32.9 Å². The smallest absolute Gasteiger partial charge is 0.179 e. The van der Waals surface area contributed by atoms with Crippen molar-refractivity contribution < 1.29 is 0 Å². The lowest BCUT2D eigenvalue weighted by molar-refractivity contribution is 0.815. The molecule has 4 aromatic rings. The Morgan fingerprint density at radius 3 is 2.69 bits per heavy atom. The fourth-order valence-corrected chi connectivity index (χ4v) is 3.82. The molecule has 0 aliphatic carbocycles. The lowest BCUT2D eigenvalue weighted by Gasteiger charge is -2.19. The first-order valence-corrected chi connectivity index (χ1v) is 9.63. The standard InChI is InChI=1S/C23H20N6/c1-3-27(2)20-8-9-21-19(10-20)14-28-13-18(17-6-4-16(12-24)5-7-17)11-22(28)23-25-15-26-29(21)23/h4-11,13,15H,3,14H2,1-2H3. The predicted octanol–water partition coefficient (Wildman–Crippen LogP) is 4.09. The minimum atomic E-state index is 0.663. The molecule has 0 fully saturated rings. The average molecular weight is 380 g/mol. The summed E-state index contributed by atoms with van der Waals surface area (Å²) in [5.41, 5.74) is 7.33. The van der Waals surface area contributed by atoms with Gasteiger partial charge in [-0.2, -0.15) is 10.4 Å². The second-order valence-corrected chi connectivity index (χ2v) is 7.25. The Hall–Kier alpha value is -3.85. The monoisotopic (exact) mass is 380 g/mol. The molecule has 0 saturated heterocycles. The predicted molar refractivity (Wildman–Crippen MR) is 113 cm³/mol. The van der Waals surface area contributed by atoms with E-state index in [1.54, 1.807) is 6.33 Å². The van der Waals surface area contributed by atoms with Gasteiger partial charge in [-0.05, 0) is 54.4 Å². The molecule has 142 valence electrons. The quantitative estimate of drug-likeness (QED) is 0.473. The molecule has 0 N–H and O–H groups in total. The lowest BCUT2D eigenvalue weighted by atomic mass is 10.1. The molecule has 6 nitrogen and oxygen atoms in total. The third kappa shape index (κ3) is 2.79. The van der Waals surface area contributed by atoms with Crippen LogP contribution in [0.3, 0.4) is 0 Å². The Balaban J connectivity index is 1.64. The molecule has 2 aromatic heterocycles. The van der Waals surface area contributed by atoms with E-state index in [1.807, 2.05) is 28.9 Å². The molecular formula is C23H20N6. The van der Waals surface area contributed by atoms with Crippen LogP contribution in [0.5, 0.6) is 0 Å². The normalized spacial score (nSPS) is 11.8. The molecule has 0 amide bonds. The molecule has 0 bridgehead atoms. The number of benzene rings is 2. The van der Waals surface area contributed by atoms with E-state index in [0.29, 0.717) is 5.56 Å². The molecule has 6 heteroatoms. The van der Waals surface area contributed by atoms with Crippen molar-refractivity contribution in [2.75, 3.05) is 18.5 Å². The van der Waals surface area contributed by atoms with E-state index >= 15 is 0 Å². The summed E-state index contributed by atoms with van der Waals surface area (Å²) in [4.78, 5) is 6.77. The van der Waals surface area contributed by atoms with Gasteiger partial charge < -0.3 is 9.47 Å². The lowest BCUT2D eigenvalue weighted by Crippen LogP contribution is -2.16. The number of nitriles is 1. The van der Waals surface area contributed by atoms with Gasteiger partial charge in [-0.25, -0.2) is 9.67 Å². The van der Waals surface area contributed by atoms with Crippen molar-refractivity contribution in [2.24, 2.45) is 0 Å². The van der Waals surface area contributed by atoms with Crippen LogP contribution < -0.4 is 4.90 Å². The number of hydrogen-bond acceptors (Lipinski definition) is 4. The van der Waals surface area contributed by atoms with Crippen LogP contribution >= 0.6 is 0 Å². The molecule has 1 aliphatic heterocycles. The minimum absolute atomic E-state index is 0.663. The Bertz CT molecular complexity index is 1240. The summed E-state index contributed by atoms with van der Waals surface area (Å²) in [7, 11) is 2.10. The molecule has 0 unspecified atom stereocenters. The van der Waals surface area contributed by atoms with Crippen molar-refractivity contribution in [3.8, 4) is 34.4 Å². The maximum atomic E-state index is 9.05. The van der Waals surface area contributed by atoms with E-state index in [4.69, 9.17) is 5.26 Å². The van der Waals surface area contributed by atoms with E-state index in [9.17, 15) is 0 Å². The number of rotatable bonds is 3. The summed E-state index contributed by atoms with van der Waals surface area (Å²) in [6, 6.07) is 18.5. The Morgan fingerprint density at radius 1 is 1.10 bits per heavy atom. The Morgan fingerprint density at radius 2 is 1.93 bits per heavy atom.